The van der Waals surface area contributed by atoms with Gasteiger partial charge in [-0.05, 0) is 12.1 Å². The minimum atomic E-state index is -4.79. The van der Waals surface area contributed by atoms with Crippen LogP contribution >= 0.6 is 0 Å². The fraction of sp³-hybridized carbons (Fsp3) is 0.100. The van der Waals surface area contributed by atoms with Gasteiger partial charge in [0.2, 0.25) is 0 Å². The topological polar surface area (TPSA) is 12.9 Å². The highest BCUT2D eigenvalue weighted by molar-refractivity contribution is 6.58. The van der Waals surface area contributed by atoms with Gasteiger partial charge >= 0.3 is 6.98 Å². The molecule has 0 aliphatic heterocycles. The highest BCUT2D eigenvalue weighted by Gasteiger charge is 2.23. The van der Waals surface area contributed by atoms with Gasteiger partial charge in [-0.25, -0.2) is 0 Å². The average Bonchev–Trinajstić information content (AvgIpc) is 2.16. The molecule has 1 aromatic carbocycles. The van der Waals surface area contributed by atoms with Gasteiger partial charge in [0.15, 0.2) is 0 Å². The summed E-state index contributed by atoms with van der Waals surface area (Å²) in [6.07, 6.45) is 0.572. The van der Waals surface area contributed by atoms with Gasteiger partial charge in [-0.3, -0.25) is 4.98 Å². The first-order chi connectivity index (χ1) is 7.06. The first kappa shape index (κ1) is 10.0. The maximum absolute atomic E-state index is 12.3. The molecule has 5 heteroatoms. The molecule has 0 unspecified atom stereocenters. The largest absolute Gasteiger partial charge is 0.482 e. The zero-order valence-electron chi connectivity index (χ0n) is 7.83. The molecule has 0 aliphatic carbocycles. The lowest BCUT2D eigenvalue weighted by atomic mass is 9.81. The van der Waals surface area contributed by atoms with Crippen molar-refractivity contribution in [1.29, 1.82) is 0 Å². The third-order valence-corrected chi connectivity index (χ3v) is 2.19. The summed E-state index contributed by atoms with van der Waals surface area (Å²) in [7, 11) is 0. The molecule has 2 aromatic rings. The highest BCUT2D eigenvalue weighted by Crippen LogP contribution is 2.22. The number of nitrogens with zero attached hydrogens (tertiary/aromatic N) is 1. The number of fused-ring (bicyclic) bond motifs is 1. The van der Waals surface area contributed by atoms with Crippen molar-refractivity contribution < 1.29 is 12.9 Å². The Balaban J connectivity index is 2.52. The monoisotopic (exact) mass is 210 g/mol. The predicted octanol–water partition coefficient (Wildman–Crippen LogP) is 3.16. The second-order valence-corrected chi connectivity index (χ2v) is 3.40. The van der Waals surface area contributed by atoms with E-state index in [-0.39, 0.29) is 0 Å². The molecule has 0 bridgehead atoms. The Morgan fingerprint density at radius 2 is 1.80 bits per heavy atom. The number of hydrogen-bond acceptors (Lipinski definition) is 1. The van der Waals surface area contributed by atoms with E-state index in [0.29, 0.717) is 16.5 Å². The molecule has 78 valence electrons. The standard InChI is InChI=1S/C10H8BF3N/c12-11(13,14)7-8-5-6-15-10-4-2-1-3-9(8)10/h1-6H,7H2/q-1. The van der Waals surface area contributed by atoms with Crippen molar-refractivity contribution in [2.24, 2.45) is 0 Å². The van der Waals surface area contributed by atoms with Crippen LogP contribution in [-0.4, -0.2) is 12.0 Å². The normalized spacial score (nSPS) is 11.9. The summed E-state index contributed by atoms with van der Waals surface area (Å²) in [5, 5.41) is 0.583. The minimum Gasteiger partial charge on any atom is -0.449 e. The van der Waals surface area contributed by atoms with Crippen molar-refractivity contribution in [2.45, 2.75) is 6.32 Å². The quantitative estimate of drug-likeness (QED) is 0.693. The second kappa shape index (κ2) is 3.57. The van der Waals surface area contributed by atoms with E-state index < -0.39 is 13.3 Å². The van der Waals surface area contributed by atoms with Crippen LogP contribution < -0.4 is 0 Å². The number of hydrogen-bond donors (Lipinski definition) is 0. The molecule has 1 heterocycles. The van der Waals surface area contributed by atoms with Gasteiger partial charge in [0, 0.05) is 11.6 Å². The van der Waals surface area contributed by atoms with Gasteiger partial charge in [0.05, 0.1) is 5.52 Å². The van der Waals surface area contributed by atoms with Crippen molar-refractivity contribution in [2.75, 3.05) is 0 Å². The van der Waals surface area contributed by atoms with E-state index in [9.17, 15) is 12.9 Å². The van der Waals surface area contributed by atoms with E-state index in [1.165, 1.54) is 12.3 Å². The lowest BCUT2D eigenvalue weighted by Crippen LogP contribution is -2.19. The van der Waals surface area contributed by atoms with Gasteiger partial charge < -0.3 is 12.9 Å². The van der Waals surface area contributed by atoms with Gasteiger partial charge in [0.25, 0.3) is 0 Å². The molecular weight excluding hydrogens is 202 g/mol. The predicted molar refractivity (Wildman–Crippen MR) is 54.5 cm³/mol. The van der Waals surface area contributed by atoms with Crippen molar-refractivity contribution in [3.8, 4) is 0 Å². The summed E-state index contributed by atoms with van der Waals surface area (Å²) in [5.74, 6) is 0. The van der Waals surface area contributed by atoms with Crippen LogP contribution in [0.1, 0.15) is 5.56 Å². The minimum absolute atomic E-state index is 0.299. The smallest absolute Gasteiger partial charge is 0.449 e. The maximum atomic E-state index is 12.3. The first-order valence-corrected chi connectivity index (χ1v) is 4.60. The van der Waals surface area contributed by atoms with Crippen LogP contribution in [0.3, 0.4) is 0 Å². The first-order valence-electron chi connectivity index (χ1n) is 4.60. The zero-order chi connectivity index (χ0) is 10.9. The molecule has 0 fully saturated rings. The number of halogens is 3. The molecule has 1 aromatic heterocycles. The fourth-order valence-corrected chi connectivity index (χ4v) is 1.58. The molecule has 0 saturated carbocycles. The summed E-state index contributed by atoms with van der Waals surface area (Å²) < 4.78 is 36.9. The third-order valence-electron chi connectivity index (χ3n) is 2.19. The average molecular weight is 210 g/mol. The second-order valence-electron chi connectivity index (χ2n) is 3.40. The number of aromatic nitrogens is 1. The lowest BCUT2D eigenvalue weighted by molar-refractivity contribution is 0.469. The Labute approximate surface area is 85.0 Å². The SMILES string of the molecule is F[B-](F)(F)Cc1ccnc2ccccc12. The molecule has 15 heavy (non-hydrogen) atoms. The van der Waals surface area contributed by atoms with E-state index in [4.69, 9.17) is 0 Å². The zero-order valence-corrected chi connectivity index (χ0v) is 7.83. The van der Waals surface area contributed by atoms with Crippen LogP contribution in [0.5, 0.6) is 0 Å². The summed E-state index contributed by atoms with van der Waals surface area (Å²) in [6, 6.07) is 8.29. The van der Waals surface area contributed by atoms with Crippen LogP contribution in [0.2, 0.25) is 0 Å². The fourth-order valence-electron chi connectivity index (χ4n) is 1.58. The van der Waals surface area contributed by atoms with Crippen molar-refractivity contribution in [3.63, 3.8) is 0 Å². The molecule has 0 N–H and O–H groups in total. The van der Waals surface area contributed by atoms with Gasteiger partial charge in [-0.2, -0.15) is 0 Å². The van der Waals surface area contributed by atoms with Crippen LogP contribution in [0, 0.1) is 0 Å². The Hall–Kier alpha value is -1.52. The number of para-hydroxylation sites is 1. The summed E-state index contributed by atoms with van der Waals surface area (Å²) in [4.78, 5) is 4.01. The number of rotatable bonds is 2. The Morgan fingerprint density at radius 3 is 2.53 bits per heavy atom. The van der Waals surface area contributed by atoms with Crippen LogP contribution in [0.15, 0.2) is 36.5 Å². The van der Waals surface area contributed by atoms with E-state index in [1.54, 1.807) is 24.3 Å². The molecule has 0 atom stereocenters. The van der Waals surface area contributed by atoms with Crippen molar-refractivity contribution >= 4 is 17.9 Å². The summed E-state index contributed by atoms with van der Waals surface area (Å²) in [6.45, 7) is -4.79. The maximum Gasteiger partial charge on any atom is 0.482 e. The highest BCUT2D eigenvalue weighted by atomic mass is 19.4. The molecule has 0 amide bonds. The van der Waals surface area contributed by atoms with Crippen molar-refractivity contribution in [1.82, 2.24) is 4.98 Å². The molecule has 0 spiro atoms. The molecule has 0 saturated heterocycles. The van der Waals surface area contributed by atoms with Crippen LogP contribution in [-0.2, 0) is 6.32 Å². The van der Waals surface area contributed by atoms with E-state index >= 15 is 0 Å². The molecule has 0 radical (unpaired) electrons. The molecular formula is C10H8BF3N-. The van der Waals surface area contributed by atoms with Gasteiger partial charge in [-0.15, -0.1) is 0 Å². The Kier molecular flexibility index (Phi) is 2.38. The molecule has 2 rings (SSSR count). The summed E-state index contributed by atoms with van der Waals surface area (Å²) in [5.41, 5.74) is 0.906. The summed E-state index contributed by atoms with van der Waals surface area (Å²) >= 11 is 0. The number of benzene rings is 1. The van der Waals surface area contributed by atoms with Crippen LogP contribution in [0.25, 0.3) is 10.9 Å². The lowest BCUT2D eigenvalue weighted by Gasteiger charge is -2.14. The van der Waals surface area contributed by atoms with Gasteiger partial charge in [0.1, 0.15) is 0 Å². The Bertz CT molecular complexity index is 476. The Morgan fingerprint density at radius 1 is 1.07 bits per heavy atom. The van der Waals surface area contributed by atoms with Crippen molar-refractivity contribution in [3.05, 3.63) is 42.1 Å². The van der Waals surface area contributed by atoms with E-state index in [2.05, 4.69) is 4.98 Å². The number of pyridine rings is 1. The van der Waals surface area contributed by atoms with Crippen LogP contribution in [0.4, 0.5) is 12.9 Å². The van der Waals surface area contributed by atoms with E-state index in [1.807, 2.05) is 0 Å². The molecule has 1 nitrogen and oxygen atoms in total. The third kappa shape index (κ3) is 2.29. The molecule has 0 aliphatic rings. The van der Waals surface area contributed by atoms with E-state index in [0.717, 1.165) is 0 Å². The van der Waals surface area contributed by atoms with Gasteiger partial charge in [-0.1, -0.05) is 30.1 Å².